The first-order valence-corrected chi connectivity index (χ1v) is 5.48. The molecule has 0 aromatic rings. The molecule has 0 radical (unpaired) electrons. The summed E-state index contributed by atoms with van der Waals surface area (Å²) in [7, 11) is 0. The van der Waals surface area contributed by atoms with E-state index in [0.29, 0.717) is 19.3 Å². The summed E-state index contributed by atoms with van der Waals surface area (Å²) in [5, 5.41) is 21.3. The molecule has 1 aliphatic heterocycles. The van der Waals surface area contributed by atoms with Crippen LogP contribution in [0.15, 0.2) is 12.7 Å². The van der Waals surface area contributed by atoms with Crippen molar-refractivity contribution in [3.63, 3.8) is 0 Å². The number of carbonyl (C=O) groups is 1. The van der Waals surface area contributed by atoms with Crippen molar-refractivity contribution in [2.75, 3.05) is 13.2 Å². The summed E-state index contributed by atoms with van der Waals surface area (Å²) < 4.78 is 5.27. The third kappa shape index (κ3) is 3.92. The summed E-state index contributed by atoms with van der Waals surface area (Å²) in [6, 6.07) is -0.375. The van der Waals surface area contributed by atoms with Crippen molar-refractivity contribution in [2.24, 2.45) is 0 Å². The van der Waals surface area contributed by atoms with Crippen LogP contribution >= 0.6 is 0 Å². The third-order valence-electron chi connectivity index (χ3n) is 2.61. The van der Waals surface area contributed by atoms with Gasteiger partial charge in [0.25, 0.3) is 0 Å². The fourth-order valence-electron chi connectivity index (χ4n) is 1.63. The minimum Gasteiger partial charge on any atom is -0.394 e. The van der Waals surface area contributed by atoms with E-state index < -0.39 is 6.10 Å². The molecule has 1 saturated heterocycles. The Hall–Kier alpha value is -0.910. The number of allylic oxidation sites excluding steroid dienone is 1. The number of hydrogen-bond acceptors (Lipinski definition) is 4. The van der Waals surface area contributed by atoms with E-state index in [1.165, 1.54) is 0 Å². The van der Waals surface area contributed by atoms with Crippen molar-refractivity contribution in [1.82, 2.24) is 5.32 Å². The lowest BCUT2D eigenvalue weighted by molar-refractivity contribution is -0.127. The van der Waals surface area contributed by atoms with Crippen LogP contribution in [0, 0.1) is 0 Å². The average molecular weight is 229 g/mol. The summed E-state index contributed by atoms with van der Waals surface area (Å²) in [5.41, 5.74) is 0. The van der Waals surface area contributed by atoms with Gasteiger partial charge in [0, 0.05) is 12.8 Å². The normalized spacial score (nSPS) is 29.8. The standard InChI is InChI=1S/C11H19NO4/c1-2-3-4-11(15)12-9-7-16-8(6-13)5-10(9)14/h2,8-10,13-14H,1,3-7H2,(H,12,15). The first kappa shape index (κ1) is 13.2. The fraction of sp³-hybridized carbons (Fsp3) is 0.727. The Kier molecular flexibility index (Phi) is 5.45. The van der Waals surface area contributed by atoms with Crippen LogP contribution in [-0.2, 0) is 9.53 Å². The number of rotatable bonds is 5. The molecule has 1 fully saturated rings. The Balaban J connectivity index is 2.32. The van der Waals surface area contributed by atoms with Crippen molar-refractivity contribution in [1.29, 1.82) is 0 Å². The number of carbonyl (C=O) groups excluding carboxylic acids is 1. The molecule has 3 unspecified atom stereocenters. The van der Waals surface area contributed by atoms with E-state index in [0.717, 1.165) is 0 Å². The van der Waals surface area contributed by atoms with Gasteiger partial charge in [-0.25, -0.2) is 0 Å². The maximum atomic E-state index is 11.4. The second-order valence-corrected chi connectivity index (χ2v) is 3.94. The molecule has 1 rings (SSSR count). The summed E-state index contributed by atoms with van der Waals surface area (Å²) in [6.45, 7) is 3.67. The summed E-state index contributed by atoms with van der Waals surface area (Å²) >= 11 is 0. The van der Waals surface area contributed by atoms with E-state index >= 15 is 0 Å². The van der Waals surface area contributed by atoms with Crippen LogP contribution in [0.3, 0.4) is 0 Å². The van der Waals surface area contributed by atoms with Crippen molar-refractivity contribution in [3.05, 3.63) is 12.7 Å². The van der Waals surface area contributed by atoms with Gasteiger partial charge in [-0.1, -0.05) is 6.08 Å². The Bertz CT molecular complexity index is 244. The van der Waals surface area contributed by atoms with Crippen LogP contribution < -0.4 is 5.32 Å². The van der Waals surface area contributed by atoms with E-state index in [9.17, 15) is 9.90 Å². The molecule has 5 heteroatoms. The van der Waals surface area contributed by atoms with Gasteiger partial charge in [0.1, 0.15) is 0 Å². The van der Waals surface area contributed by atoms with Gasteiger partial charge in [-0.15, -0.1) is 6.58 Å². The predicted octanol–water partition coefficient (Wildman–Crippen LogP) is -0.421. The molecule has 0 saturated carbocycles. The molecule has 3 atom stereocenters. The topological polar surface area (TPSA) is 78.8 Å². The molecular formula is C11H19NO4. The number of hydrogen-bond donors (Lipinski definition) is 3. The number of nitrogens with one attached hydrogen (secondary N) is 1. The maximum Gasteiger partial charge on any atom is 0.220 e. The minimum absolute atomic E-state index is 0.103. The predicted molar refractivity (Wildman–Crippen MR) is 58.8 cm³/mol. The zero-order valence-corrected chi connectivity index (χ0v) is 9.26. The van der Waals surface area contributed by atoms with Crippen LogP contribution in [0.25, 0.3) is 0 Å². The van der Waals surface area contributed by atoms with Crippen LogP contribution in [-0.4, -0.2) is 47.6 Å². The van der Waals surface area contributed by atoms with Gasteiger partial charge in [-0.3, -0.25) is 4.79 Å². The summed E-state index contributed by atoms with van der Waals surface area (Å²) in [4.78, 5) is 11.4. The van der Waals surface area contributed by atoms with Crippen LogP contribution in [0.1, 0.15) is 19.3 Å². The molecule has 92 valence electrons. The van der Waals surface area contributed by atoms with Crippen LogP contribution in [0.4, 0.5) is 0 Å². The minimum atomic E-state index is -0.654. The first-order chi connectivity index (χ1) is 7.67. The highest BCUT2D eigenvalue weighted by molar-refractivity contribution is 5.76. The van der Waals surface area contributed by atoms with Gasteiger partial charge >= 0.3 is 0 Å². The van der Waals surface area contributed by atoms with E-state index in [1.807, 2.05) is 0 Å². The van der Waals surface area contributed by atoms with E-state index in [4.69, 9.17) is 9.84 Å². The highest BCUT2D eigenvalue weighted by atomic mass is 16.5. The second kappa shape index (κ2) is 6.62. The molecule has 0 aromatic heterocycles. The largest absolute Gasteiger partial charge is 0.394 e. The molecule has 0 aromatic carbocycles. The molecule has 0 aliphatic carbocycles. The number of aliphatic hydroxyl groups is 2. The quantitative estimate of drug-likeness (QED) is 0.559. The monoisotopic (exact) mass is 229 g/mol. The molecule has 1 heterocycles. The van der Waals surface area contributed by atoms with Gasteiger partial charge in [-0.05, 0) is 6.42 Å². The third-order valence-corrected chi connectivity index (χ3v) is 2.61. The Morgan fingerprint density at radius 2 is 2.38 bits per heavy atom. The van der Waals surface area contributed by atoms with Crippen molar-refractivity contribution < 1.29 is 19.7 Å². The van der Waals surface area contributed by atoms with Crippen molar-refractivity contribution in [2.45, 2.75) is 37.5 Å². The number of amides is 1. The van der Waals surface area contributed by atoms with Gasteiger partial charge in [0.2, 0.25) is 5.91 Å². The van der Waals surface area contributed by atoms with Crippen LogP contribution in [0.5, 0.6) is 0 Å². The molecule has 5 nitrogen and oxygen atoms in total. The van der Waals surface area contributed by atoms with E-state index in [1.54, 1.807) is 6.08 Å². The van der Waals surface area contributed by atoms with Gasteiger partial charge in [0.05, 0.1) is 31.5 Å². The van der Waals surface area contributed by atoms with E-state index in [-0.39, 0.29) is 31.3 Å². The lowest BCUT2D eigenvalue weighted by atomic mass is 10.0. The Morgan fingerprint density at radius 3 is 2.94 bits per heavy atom. The molecule has 1 amide bonds. The lowest BCUT2D eigenvalue weighted by Crippen LogP contribution is -2.52. The maximum absolute atomic E-state index is 11.4. The van der Waals surface area contributed by atoms with Crippen molar-refractivity contribution in [3.8, 4) is 0 Å². The summed E-state index contributed by atoms with van der Waals surface area (Å²) in [6.07, 6.45) is 2.04. The average Bonchev–Trinajstić information content (AvgIpc) is 2.29. The molecular weight excluding hydrogens is 210 g/mol. The Labute approximate surface area is 95.1 Å². The molecule has 1 aliphatic rings. The molecule has 16 heavy (non-hydrogen) atoms. The Morgan fingerprint density at radius 1 is 1.62 bits per heavy atom. The highest BCUT2D eigenvalue weighted by Crippen LogP contribution is 2.14. The number of aliphatic hydroxyl groups excluding tert-OH is 2. The molecule has 0 bridgehead atoms. The number of ether oxygens (including phenoxy) is 1. The molecule has 3 N–H and O–H groups in total. The lowest BCUT2D eigenvalue weighted by Gasteiger charge is -2.33. The van der Waals surface area contributed by atoms with Crippen LogP contribution in [0.2, 0.25) is 0 Å². The first-order valence-electron chi connectivity index (χ1n) is 5.48. The zero-order chi connectivity index (χ0) is 12.0. The van der Waals surface area contributed by atoms with Gasteiger partial charge in [0.15, 0.2) is 0 Å². The smallest absolute Gasteiger partial charge is 0.220 e. The highest BCUT2D eigenvalue weighted by Gasteiger charge is 2.30. The van der Waals surface area contributed by atoms with Gasteiger partial charge in [-0.2, -0.15) is 0 Å². The second-order valence-electron chi connectivity index (χ2n) is 3.94. The molecule has 0 spiro atoms. The van der Waals surface area contributed by atoms with Crippen molar-refractivity contribution >= 4 is 5.91 Å². The zero-order valence-electron chi connectivity index (χ0n) is 9.26. The summed E-state index contributed by atoms with van der Waals surface area (Å²) in [5.74, 6) is -0.116. The fourth-order valence-corrected chi connectivity index (χ4v) is 1.63. The SMILES string of the molecule is C=CCCC(=O)NC1COC(CO)CC1O. The van der Waals surface area contributed by atoms with E-state index in [2.05, 4.69) is 11.9 Å². The van der Waals surface area contributed by atoms with Gasteiger partial charge < -0.3 is 20.3 Å².